The van der Waals surface area contributed by atoms with E-state index in [9.17, 15) is 4.79 Å². The number of aromatic nitrogens is 3. The molecule has 0 saturated carbocycles. The van der Waals surface area contributed by atoms with Crippen molar-refractivity contribution in [2.45, 2.75) is 38.8 Å². The van der Waals surface area contributed by atoms with Gasteiger partial charge in [-0.05, 0) is 31.0 Å². The predicted molar refractivity (Wildman–Crippen MR) is 105 cm³/mol. The van der Waals surface area contributed by atoms with Crippen LogP contribution in [0.1, 0.15) is 30.9 Å². The van der Waals surface area contributed by atoms with E-state index in [1.807, 2.05) is 23.1 Å². The minimum absolute atomic E-state index is 0.0354. The molecule has 27 heavy (non-hydrogen) atoms. The number of fused-ring (bicyclic) bond motifs is 1. The fraction of sp³-hybridized carbons (Fsp3) is 0.526. The van der Waals surface area contributed by atoms with Gasteiger partial charge < -0.3 is 19.7 Å². The van der Waals surface area contributed by atoms with Crippen molar-refractivity contribution in [2.75, 3.05) is 31.1 Å². The van der Waals surface area contributed by atoms with Crippen LogP contribution in [-0.2, 0) is 19.5 Å². The van der Waals surface area contributed by atoms with Crippen molar-refractivity contribution in [3.8, 4) is 0 Å². The highest BCUT2D eigenvalue weighted by Crippen LogP contribution is 2.21. The highest BCUT2D eigenvalue weighted by Gasteiger charge is 2.22. The zero-order chi connectivity index (χ0) is 18.6. The summed E-state index contributed by atoms with van der Waals surface area (Å²) in [5, 5.41) is 12.3. The highest BCUT2D eigenvalue weighted by atomic mass is 35.5. The summed E-state index contributed by atoms with van der Waals surface area (Å²) in [5.74, 6) is 1.91. The van der Waals surface area contributed by atoms with E-state index in [2.05, 4.69) is 31.0 Å². The number of amides is 2. The van der Waals surface area contributed by atoms with Crippen molar-refractivity contribution in [1.29, 1.82) is 0 Å². The van der Waals surface area contributed by atoms with E-state index in [0.717, 1.165) is 54.8 Å². The van der Waals surface area contributed by atoms with Crippen LogP contribution in [0.25, 0.3) is 0 Å². The number of benzene rings is 1. The molecule has 0 bridgehead atoms. The number of carbonyl (C=O) groups excluding carboxylic acids is 1. The van der Waals surface area contributed by atoms with Gasteiger partial charge in [-0.15, -0.1) is 10.2 Å². The molecule has 0 aliphatic carbocycles. The Bertz CT molecular complexity index is 799. The van der Waals surface area contributed by atoms with Gasteiger partial charge in [-0.3, -0.25) is 0 Å². The number of hydrogen-bond donors (Lipinski definition) is 1. The number of rotatable bonds is 3. The van der Waals surface area contributed by atoms with E-state index in [1.54, 1.807) is 0 Å². The van der Waals surface area contributed by atoms with E-state index < -0.39 is 0 Å². The summed E-state index contributed by atoms with van der Waals surface area (Å²) >= 11 is 6.08. The van der Waals surface area contributed by atoms with Crippen molar-refractivity contribution in [1.82, 2.24) is 25.0 Å². The summed E-state index contributed by atoms with van der Waals surface area (Å²) in [6, 6.07) is 7.82. The van der Waals surface area contributed by atoms with Crippen molar-refractivity contribution in [2.24, 2.45) is 0 Å². The monoisotopic (exact) mass is 388 g/mol. The van der Waals surface area contributed by atoms with Gasteiger partial charge in [-0.25, -0.2) is 4.79 Å². The number of hydrogen-bond acceptors (Lipinski definition) is 4. The molecule has 2 aromatic rings. The Hall–Kier alpha value is -2.28. The number of halogens is 1. The quantitative estimate of drug-likeness (QED) is 0.877. The van der Waals surface area contributed by atoms with Gasteiger partial charge in [0.15, 0.2) is 5.82 Å². The fourth-order valence-corrected chi connectivity index (χ4v) is 3.97. The van der Waals surface area contributed by atoms with Crippen LogP contribution < -0.4 is 10.2 Å². The molecule has 0 radical (unpaired) electrons. The molecular weight excluding hydrogens is 364 g/mol. The first-order valence-electron chi connectivity index (χ1n) is 9.65. The number of aryl methyl sites for hydroxylation is 1. The van der Waals surface area contributed by atoms with E-state index >= 15 is 0 Å². The van der Waals surface area contributed by atoms with Crippen molar-refractivity contribution >= 4 is 23.3 Å². The van der Waals surface area contributed by atoms with Gasteiger partial charge in [-0.2, -0.15) is 0 Å². The van der Waals surface area contributed by atoms with Gasteiger partial charge in [0.1, 0.15) is 5.82 Å². The average Bonchev–Trinajstić information content (AvgIpc) is 2.92. The van der Waals surface area contributed by atoms with Crippen LogP contribution in [0.5, 0.6) is 0 Å². The van der Waals surface area contributed by atoms with Crippen molar-refractivity contribution in [3.05, 3.63) is 40.9 Å². The molecular formula is C19H25ClN6O. The summed E-state index contributed by atoms with van der Waals surface area (Å²) < 4.78 is 2.17. The molecule has 1 aromatic heterocycles. The van der Waals surface area contributed by atoms with Crippen molar-refractivity contribution in [3.63, 3.8) is 0 Å². The largest absolute Gasteiger partial charge is 0.368 e. The smallest absolute Gasteiger partial charge is 0.317 e. The molecule has 2 aliphatic rings. The van der Waals surface area contributed by atoms with Crippen molar-refractivity contribution < 1.29 is 4.79 Å². The van der Waals surface area contributed by atoms with Crippen LogP contribution in [0.4, 0.5) is 10.5 Å². The first-order valence-corrected chi connectivity index (χ1v) is 10.0. The predicted octanol–water partition coefficient (Wildman–Crippen LogP) is 2.69. The van der Waals surface area contributed by atoms with Crippen LogP contribution in [0.2, 0.25) is 5.02 Å². The third-order valence-corrected chi connectivity index (χ3v) is 5.56. The zero-order valence-electron chi connectivity index (χ0n) is 15.4. The van der Waals surface area contributed by atoms with E-state index in [4.69, 9.17) is 11.6 Å². The third-order valence-electron chi connectivity index (χ3n) is 5.32. The molecule has 8 heteroatoms. The molecule has 0 spiro atoms. The van der Waals surface area contributed by atoms with Crippen LogP contribution in [0.3, 0.4) is 0 Å². The molecule has 1 fully saturated rings. The van der Waals surface area contributed by atoms with E-state index in [0.29, 0.717) is 19.6 Å². The summed E-state index contributed by atoms with van der Waals surface area (Å²) in [6.45, 7) is 4.36. The SMILES string of the molecule is O=C(NCc1nnc2n1CCCCC2)N1CCN(c2cccc(Cl)c2)CC1. The molecule has 144 valence electrons. The fourth-order valence-electron chi connectivity index (χ4n) is 3.78. The number of piperazine rings is 1. The Labute approximate surface area is 164 Å². The Balaban J connectivity index is 1.29. The maximum Gasteiger partial charge on any atom is 0.317 e. The number of nitrogens with zero attached hydrogens (tertiary/aromatic N) is 5. The summed E-state index contributed by atoms with van der Waals surface area (Å²) in [5.41, 5.74) is 1.11. The lowest BCUT2D eigenvalue weighted by Gasteiger charge is -2.36. The standard InChI is InChI=1S/C19H25ClN6O/c20-15-5-4-6-16(13-15)24-9-11-25(12-10-24)19(27)21-14-18-23-22-17-7-2-1-3-8-26(17)18/h4-6,13H,1-3,7-12,14H2,(H,21,27). The molecule has 0 atom stereocenters. The van der Waals surface area contributed by atoms with E-state index in [-0.39, 0.29) is 6.03 Å². The van der Waals surface area contributed by atoms with Gasteiger partial charge in [0, 0.05) is 49.9 Å². The number of carbonyl (C=O) groups is 1. The maximum absolute atomic E-state index is 12.5. The highest BCUT2D eigenvalue weighted by molar-refractivity contribution is 6.30. The Morgan fingerprint density at radius 2 is 1.93 bits per heavy atom. The summed E-state index contributed by atoms with van der Waals surface area (Å²) in [6.07, 6.45) is 4.53. The molecule has 4 rings (SSSR count). The first kappa shape index (κ1) is 18.1. The third kappa shape index (κ3) is 4.18. The molecule has 3 heterocycles. The Morgan fingerprint density at radius 1 is 1.07 bits per heavy atom. The lowest BCUT2D eigenvalue weighted by atomic mass is 10.2. The topological polar surface area (TPSA) is 66.3 Å². The van der Waals surface area contributed by atoms with Crippen LogP contribution in [0.15, 0.2) is 24.3 Å². The lowest BCUT2D eigenvalue weighted by molar-refractivity contribution is 0.193. The first-order chi connectivity index (χ1) is 13.2. The van der Waals surface area contributed by atoms with Gasteiger partial charge >= 0.3 is 6.03 Å². The van der Waals surface area contributed by atoms with Crippen LogP contribution in [-0.4, -0.2) is 51.9 Å². The van der Waals surface area contributed by atoms with Gasteiger partial charge in [0.2, 0.25) is 0 Å². The number of anilines is 1. The summed E-state index contributed by atoms with van der Waals surface area (Å²) in [4.78, 5) is 16.7. The molecule has 0 unspecified atom stereocenters. The molecule has 1 N–H and O–H groups in total. The second-order valence-corrected chi connectivity index (χ2v) is 7.54. The molecule has 7 nitrogen and oxygen atoms in total. The van der Waals surface area contributed by atoms with E-state index in [1.165, 1.54) is 12.8 Å². The van der Waals surface area contributed by atoms with Crippen LogP contribution >= 0.6 is 11.6 Å². The maximum atomic E-state index is 12.5. The number of urea groups is 1. The Morgan fingerprint density at radius 3 is 2.74 bits per heavy atom. The average molecular weight is 389 g/mol. The van der Waals surface area contributed by atoms with Crippen LogP contribution in [0, 0.1) is 0 Å². The van der Waals surface area contributed by atoms with Gasteiger partial charge in [-0.1, -0.05) is 24.1 Å². The van der Waals surface area contributed by atoms with Gasteiger partial charge in [0.25, 0.3) is 0 Å². The Kier molecular flexibility index (Phi) is 5.48. The number of nitrogens with one attached hydrogen (secondary N) is 1. The second-order valence-electron chi connectivity index (χ2n) is 7.11. The minimum atomic E-state index is -0.0354. The molecule has 1 saturated heterocycles. The molecule has 1 aromatic carbocycles. The minimum Gasteiger partial charge on any atom is -0.368 e. The molecule has 2 amide bonds. The summed E-state index contributed by atoms with van der Waals surface area (Å²) in [7, 11) is 0. The molecule has 2 aliphatic heterocycles. The zero-order valence-corrected chi connectivity index (χ0v) is 16.2. The normalized spacial score (nSPS) is 17.4. The lowest BCUT2D eigenvalue weighted by Crippen LogP contribution is -2.51. The van der Waals surface area contributed by atoms with Gasteiger partial charge in [0.05, 0.1) is 6.54 Å². The second kappa shape index (κ2) is 8.17.